The Balaban J connectivity index is 2.30. The number of nitrogens with one attached hydrogen (secondary N) is 1. The van der Waals surface area contributed by atoms with E-state index >= 15 is 0 Å². The Morgan fingerprint density at radius 3 is 2.95 bits per heavy atom. The fraction of sp³-hybridized carbons (Fsp3) is 0.312. The maximum atomic E-state index is 12.1. The number of thiazole rings is 1. The normalized spacial score (nSPS) is 13.1. The van der Waals surface area contributed by atoms with Crippen molar-refractivity contribution in [1.82, 2.24) is 10.3 Å². The number of carbonyl (C=O) groups excluding carboxylic acids is 1. The highest BCUT2D eigenvalue weighted by Gasteiger charge is 2.26. The van der Waals surface area contributed by atoms with Crippen molar-refractivity contribution in [2.75, 3.05) is 7.11 Å². The number of hydrogen-bond acceptors (Lipinski definition) is 6. The van der Waals surface area contributed by atoms with Crippen molar-refractivity contribution < 1.29 is 9.53 Å². The van der Waals surface area contributed by atoms with Crippen LogP contribution in [0.2, 0.25) is 0 Å². The molecule has 1 aromatic carbocycles. The number of ether oxygens (including phenoxy) is 1. The zero-order chi connectivity index (χ0) is 15.9. The lowest BCUT2D eigenvalue weighted by Crippen LogP contribution is -2.32. The van der Waals surface area contributed by atoms with Crippen LogP contribution >= 0.6 is 11.3 Å². The molecule has 0 fully saturated rings. The van der Waals surface area contributed by atoms with E-state index in [0.717, 1.165) is 11.4 Å². The third kappa shape index (κ3) is 3.70. The fourth-order valence-electron chi connectivity index (χ4n) is 2.18. The number of nitriles is 1. The molecule has 0 spiro atoms. The number of carbonyl (C=O) groups is 1. The van der Waals surface area contributed by atoms with Gasteiger partial charge >= 0.3 is 5.97 Å². The van der Waals surface area contributed by atoms with Crippen LogP contribution in [0.25, 0.3) is 0 Å². The standard InChI is InChI=1S/C16H17N3O2S/c1-3-13(15-18-7-8-22-15)19-14(16(20)21-2)12-6-4-5-11(9-12)10-17/h4-9,13-14,19H,3H2,1-2H3. The van der Waals surface area contributed by atoms with Crippen molar-refractivity contribution in [2.45, 2.75) is 25.4 Å². The van der Waals surface area contributed by atoms with E-state index in [0.29, 0.717) is 11.1 Å². The summed E-state index contributed by atoms with van der Waals surface area (Å²) >= 11 is 1.54. The van der Waals surface area contributed by atoms with Crippen LogP contribution in [0.15, 0.2) is 35.8 Å². The molecule has 1 aromatic heterocycles. The van der Waals surface area contributed by atoms with Gasteiger partial charge in [-0.25, -0.2) is 9.78 Å². The first-order valence-electron chi connectivity index (χ1n) is 6.93. The number of esters is 1. The zero-order valence-electron chi connectivity index (χ0n) is 12.4. The van der Waals surface area contributed by atoms with Crippen molar-refractivity contribution in [3.8, 4) is 6.07 Å². The molecule has 0 aliphatic rings. The molecule has 6 heteroatoms. The predicted octanol–water partition coefficient (Wildman–Crippen LogP) is 2.97. The molecule has 2 atom stereocenters. The summed E-state index contributed by atoms with van der Waals surface area (Å²) in [7, 11) is 1.36. The van der Waals surface area contributed by atoms with E-state index in [4.69, 9.17) is 10.00 Å². The second-order valence-electron chi connectivity index (χ2n) is 4.69. The number of methoxy groups -OCH3 is 1. The quantitative estimate of drug-likeness (QED) is 0.829. The van der Waals surface area contributed by atoms with Gasteiger partial charge < -0.3 is 4.74 Å². The number of rotatable bonds is 6. The average Bonchev–Trinajstić information content (AvgIpc) is 3.09. The van der Waals surface area contributed by atoms with E-state index in [1.54, 1.807) is 35.7 Å². The molecule has 2 unspecified atom stereocenters. The van der Waals surface area contributed by atoms with Crippen molar-refractivity contribution in [3.05, 3.63) is 52.0 Å². The molecule has 0 amide bonds. The zero-order valence-corrected chi connectivity index (χ0v) is 13.3. The number of benzene rings is 1. The average molecular weight is 315 g/mol. The first-order chi connectivity index (χ1) is 10.7. The van der Waals surface area contributed by atoms with Crippen LogP contribution in [0, 0.1) is 11.3 Å². The molecule has 22 heavy (non-hydrogen) atoms. The summed E-state index contributed by atoms with van der Waals surface area (Å²) in [5, 5.41) is 15.1. The highest BCUT2D eigenvalue weighted by Crippen LogP contribution is 2.25. The van der Waals surface area contributed by atoms with Gasteiger partial charge in [-0.3, -0.25) is 5.32 Å². The van der Waals surface area contributed by atoms with E-state index in [9.17, 15) is 4.79 Å². The molecule has 1 heterocycles. The van der Waals surface area contributed by atoms with Crippen LogP contribution in [0.5, 0.6) is 0 Å². The highest BCUT2D eigenvalue weighted by molar-refractivity contribution is 7.09. The van der Waals surface area contributed by atoms with Gasteiger partial charge in [0.25, 0.3) is 0 Å². The maximum Gasteiger partial charge on any atom is 0.327 e. The Bertz CT molecular complexity index is 664. The van der Waals surface area contributed by atoms with E-state index in [-0.39, 0.29) is 12.0 Å². The number of nitrogens with zero attached hydrogens (tertiary/aromatic N) is 2. The van der Waals surface area contributed by atoms with Crippen LogP contribution < -0.4 is 5.32 Å². The Hall–Kier alpha value is -2.23. The summed E-state index contributed by atoms with van der Waals surface area (Å²) < 4.78 is 4.90. The summed E-state index contributed by atoms with van der Waals surface area (Å²) in [6.07, 6.45) is 2.53. The fourth-order valence-corrected chi connectivity index (χ4v) is 2.96. The second-order valence-corrected chi connectivity index (χ2v) is 5.62. The van der Waals surface area contributed by atoms with Gasteiger partial charge in [0.05, 0.1) is 24.8 Å². The molecular formula is C16H17N3O2S. The molecule has 0 radical (unpaired) electrons. The smallest absolute Gasteiger partial charge is 0.327 e. The minimum atomic E-state index is -0.632. The Labute approximate surface area is 133 Å². The SMILES string of the molecule is CCC(NC(C(=O)OC)c1cccc(C#N)c1)c1nccs1. The molecule has 2 rings (SSSR count). The second kappa shape index (κ2) is 7.69. The number of aromatic nitrogens is 1. The molecule has 0 aliphatic carbocycles. The topological polar surface area (TPSA) is 75.0 Å². The van der Waals surface area contributed by atoms with Gasteiger partial charge in [0.2, 0.25) is 0 Å². The lowest BCUT2D eigenvalue weighted by Gasteiger charge is -2.22. The van der Waals surface area contributed by atoms with Gasteiger partial charge in [0, 0.05) is 11.6 Å². The Morgan fingerprint density at radius 1 is 1.55 bits per heavy atom. The first-order valence-corrected chi connectivity index (χ1v) is 7.80. The van der Waals surface area contributed by atoms with Crippen LogP contribution in [0.3, 0.4) is 0 Å². The van der Waals surface area contributed by atoms with Gasteiger partial charge in [0.15, 0.2) is 0 Å². The Kier molecular flexibility index (Phi) is 5.64. The van der Waals surface area contributed by atoms with Crippen molar-refractivity contribution in [1.29, 1.82) is 5.26 Å². The van der Waals surface area contributed by atoms with Gasteiger partial charge in [0.1, 0.15) is 11.0 Å². The summed E-state index contributed by atoms with van der Waals surface area (Å²) in [6.45, 7) is 2.03. The summed E-state index contributed by atoms with van der Waals surface area (Å²) in [4.78, 5) is 16.5. The maximum absolute atomic E-state index is 12.1. The molecule has 0 saturated carbocycles. The molecule has 0 saturated heterocycles. The predicted molar refractivity (Wildman–Crippen MR) is 84.2 cm³/mol. The molecule has 2 aromatic rings. The van der Waals surface area contributed by atoms with Gasteiger partial charge in [-0.15, -0.1) is 11.3 Å². The minimum Gasteiger partial charge on any atom is -0.468 e. The third-order valence-electron chi connectivity index (χ3n) is 3.31. The first kappa shape index (κ1) is 16.1. The minimum absolute atomic E-state index is 0.0464. The van der Waals surface area contributed by atoms with Crippen LogP contribution in [-0.4, -0.2) is 18.1 Å². The van der Waals surface area contributed by atoms with Crippen molar-refractivity contribution >= 4 is 17.3 Å². The third-order valence-corrected chi connectivity index (χ3v) is 4.20. The van der Waals surface area contributed by atoms with E-state index in [1.165, 1.54) is 7.11 Å². The highest BCUT2D eigenvalue weighted by atomic mass is 32.1. The van der Waals surface area contributed by atoms with Gasteiger partial charge in [-0.05, 0) is 24.1 Å². The molecule has 0 bridgehead atoms. The Morgan fingerprint density at radius 2 is 2.36 bits per heavy atom. The van der Waals surface area contributed by atoms with Crippen LogP contribution in [0.1, 0.15) is 41.6 Å². The molecule has 114 valence electrons. The largest absolute Gasteiger partial charge is 0.468 e. The monoisotopic (exact) mass is 315 g/mol. The van der Waals surface area contributed by atoms with Gasteiger partial charge in [-0.1, -0.05) is 19.1 Å². The molecule has 0 aliphatic heterocycles. The molecule has 5 nitrogen and oxygen atoms in total. The van der Waals surface area contributed by atoms with Gasteiger partial charge in [-0.2, -0.15) is 5.26 Å². The lowest BCUT2D eigenvalue weighted by molar-refractivity contribution is -0.143. The van der Waals surface area contributed by atoms with Crippen molar-refractivity contribution in [3.63, 3.8) is 0 Å². The summed E-state index contributed by atoms with van der Waals surface area (Å²) in [6, 6.07) is 8.38. The number of hydrogen-bond donors (Lipinski definition) is 1. The molecular weight excluding hydrogens is 298 g/mol. The van der Waals surface area contributed by atoms with E-state index < -0.39 is 6.04 Å². The lowest BCUT2D eigenvalue weighted by atomic mass is 10.0. The molecule has 1 N–H and O–H groups in total. The van der Waals surface area contributed by atoms with E-state index in [1.807, 2.05) is 18.4 Å². The summed E-state index contributed by atoms with van der Waals surface area (Å²) in [5.41, 5.74) is 1.22. The van der Waals surface area contributed by atoms with Crippen molar-refractivity contribution in [2.24, 2.45) is 0 Å². The van der Waals surface area contributed by atoms with Crippen LogP contribution in [-0.2, 0) is 9.53 Å². The van der Waals surface area contributed by atoms with E-state index in [2.05, 4.69) is 16.4 Å². The summed E-state index contributed by atoms with van der Waals surface area (Å²) in [5.74, 6) is -0.384. The van der Waals surface area contributed by atoms with Crippen LogP contribution in [0.4, 0.5) is 0 Å².